The number of hydrogen-bond acceptors (Lipinski definition) is 2. The number of aromatic nitrogens is 1. The van der Waals surface area contributed by atoms with E-state index in [0.29, 0.717) is 16.3 Å². The topological polar surface area (TPSA) is 51.5 Å². The van der Waals surface area contributed by atoms with Crippen LogP contribution in [0.25, 0.3) is 10.9 Å². The van der Waals surface area contributed by atoms with E-state index >= 15 is 0 Å². The number of halogens is 1. The van der Waals surface area contributed by atoms with E-state index in [4.69, 9.17) is 21.4 Å². The van der Waals surface area contributed by atoms with Crippen LogP contribution in [0.3, 0.4) is 0 Å². The van der Waals surface area contributed by atoms with Gasteiger partial charge in [0.15, 0.2) is 0 Å². The van der Waals surface area contributed by atoms with Gasteiger partial charge in [0.25, 0.3) is 0 Å². The van der Waals surface area contributed by atoms with Crippen molar-refractivity contribution < 1.29 is 14.6 Å². The third-order valence-corrected chi connectivity index (χ3v) is 2.98. The molecular formula is C12H12ClNO3. The average molecular weight is 254 g/mol. The van der Waals surface area contributed by atoms with E-state index in [1.807, 2.05) is 11.6 Å². The highest BCUT2D eigenvalue weighted by atomic mass is 35.5. The lowest BCUT2D eigenvalue weighted by molar-refractivity contribution is -0.136. The lowest BCUT2D eigenvalue weighted by Crippen LogP contribution is -1.99. The van der Waals surface area contributed by atoms with E-state index in [0.717, 1.165) is 10.9 Å². The monoisotopic (exact) mass is 253 g/mol. The molecule has 1 heterocycles. The van der Waals surface area contributed by atoms with Crippen molar-refractivity contribution in [3.05, 3.63) is 28.9 Å². The molecule has 1 aromatic carbocycles. The molecule has 0 aliphatic carbocycles. The second-order valence-electron chi connectivity index (χ2n) is 3.81. The highest BCUT2D eigenvalue weighted by Gasteiger charge is 2.16. The van der Waals surface area contributed by atoms with Gasteiger partial charge in [-0.25, -0.2) is 0 Å². The fourth-order valence-corrected chi connectivity index (χ4v) is 2.32. The molecule has 2 aromatic rings. The number of aryl methyl sites for hydroxylation is 1. The van der Waals surface area contributed by atoms with Gasteiger partial charge in [0.2, 0.25) is 0 Å². The molecule has 17 heavy (non-hydrogen) atoms. The highest BCUT2D eigenvalue weighted by Crippen LogP contribution is 2.35. The molecule has 1 N–H and O–H groups in total. The average Bonchev–Trinajstić information content (AvgIpc) is 2.57. The molecule has 0 saturated carbocycles. The van der Waals surface area contributed by atoms with E-state index < -0.39 is 5.97 Å². The Hall–Kier alpha value is -1.68. The van der Waals surface area contributed by atoms with Crippen LogP contribution in [0.15, 0.2) is 18.3 Å². The predicted octanol–water partition coefficient (Wildman–Crippen LogP) is 2.47. The Morgan fingerprint density at radius 1 is 1.53 bits per heavy atom. The summed E-state index contributed by atoms with van der Waals surface area (Å²) in [6.45, 7) is 0. The molecule has 4 nitrogen and oxygen atoms in total. The van der Waals surface area contributed by atoms with E-state index in [1.165, 1.54) is 0 Å². The van der Waals surface area contributed by atoms with E-state index in [-0.39, 0.29) is 6.42 Å². The number of methoxy groups -OCH3 is 1. The Bertz CT molecular complexity index is 589. The van der Waals surface area contributed by atoms with Crippen LogP contribution >= 0.6 is 11.6 Å². The number of rotatable bonds is 3. The second-order valence-corrected chi connectivity index (χ2v) is 4.22. The highest BCUT2D eigenvalue weighted by molar-refractivity contribution is 6.35. The lowest BCUT2D eigenvalue weighted by Gasteiger charge is -2.05. The zero-order chi connectivity index (χ0) is 12.6. The van der Waals surface area contributed by atoms with Crippen molar-refractivity contribution in [1.82, 2.24) is 4.57 Å². The van der Waals surface area contributed by atoms with Crippen LogP contribution in [-0.4, -0.2) is 22.8 Å². The Balaban J connectivity index is 2.77. The number of fused-ring (bicyclic) bond motifs is 1. The minimum Gasteiger partial charge on any atom is -0.496 e. The van der Waals surface area contributed by atoms with Crippen molar-refractivity contribution >= 4 is 28.5 Å². The molecular weight excluding hydrogens is 242 g/mol. The minimum atomic E-state index is -0.875. The molecule has 0 radical (unpaired) electrons. The molecule has 0 aliphatic heterocycles. The third kappa shape index (κ3) is 1.96. The van der Waals surface area contributed by atoms with Gasteiger partial charge in [0.1, 0.15) is 5.75 Å². The Kier molecular flexibility index (Phi) is 2.98. The van der Waals surface area contributed by atoms with Crippen LogP contribution in [-0.2, 0) is 18.3 Å². The van der Waals surface area contributed by atoms with Gasteiger partial charge in [-0.05, 0) is 17.7 Å². The number of carboxylic acid groups (broad SMARTS) is 1. The summed E-state index contributed by atoms with van der Waals surface area (Å²) in [5.74, 6) is -0.235. The molecule has 0 unspecified atom stereocenters. The van der Waals surface area contributed by atoms with Gasteiger partial charge in [-0.15, -0.1) is 0 Å². The van der Waals surface area contributed by atoms with Crippen molar-refractivity contribution in [3.8, 4) is 5.75 Å². The zero-order valence-corrected chi connectivity index (χ0v) is 10.3. The van der Waals surface area contributed by atoms with E-state index in [2.05, 4.69) is 0 Å². The molecule has 5 heteroatoms. The molecule has 2 rings (SSSR count). The van der Waals surface area contributed by atoms with Crippen LogP contribution in [0.5, 0.6) is 5.75 Å². The number of carboxylic acids is 1. The summed E-state index contributed by atoms with van der Waals surface area (Å²) in [5, 5.41) is 10.2. The van der Waals surface area contributed by atoms with Crippen molar-refractivity contribution in [2.75, 3.05) is 7.11 Å². The van der Waals surface area contributed by atoms with Crippen LogP contribution in [0.4, 0.5) is 0 Å². The minimum absolute atomic E-state index is 0.0476. The van der Waals surface area contributed by atoms with Gasteiger partial charge in [-0.2, -0.15) is 0 Å². The molecule has 0 fully saturated rings. The quantitative estimate of drug-likeness (QED) is 0.914. The number of benzene rings is 1. The van der Waals surface area contributed by atoms with Crippen LogP contribution in [0, 0.1) is 0 Å². The zero-order valence-electron chi connectivity index (χ0n) is 9.53. The Labute approximate surface area is 103 Å². The van der Waals surface area contributed by atoms with Crippen molar-refractivity contribution in [2.24, 2.45) is 7.05 Å². The molecule has 0 amide bonds. The first-order chi connectivity index (χ1) is 8.04. The maximum Gasteiger partial charge on any atom is 0.307 e. The second kappa shape index (κ2) is 4.30. The third-order valence-electron chi connectivity index (χ3n) is 2.68. The van der Waals surface area contributed by atoms with Crippen molar-refractivity contribution in [3.63, 3.8) is 0 Å². The first-order valence-electron chi connectivity index (χ1n) is 5.06. The van der Waals surface area contributed by atoms with E-state index in [1.54, 1.807) is 25.4 Å². The molecule has 0 bridgehead atoms. The molecule has 90 valence electrons. The maximum atomic E-state index is 10.8. The van der Waals surface area contributed by atoms with Crippen LogP contribution < -0.4 is 4.74 Å². The first kappa shape index (κ1) is 11.8. The van der Waals surface area contributed by atoms with E-state index in [9.17, 15) is 4.79 Å². The summed E-state index contributed by atoms with van der Waals surface area (Å²) in [5.41, 5.74) is 1.50. The summed E-state index contributed by atoms with van der Waals surface area (Å²) in [4.78, 5) is 10.8. The predicted molar refractivity (Wildman–Crippen MR) is 65.8 cm³/mol. The SMILES string of the molecule is COc1ccc(Cl)c2c1c(CC(=O)O)cn2C. The first-order valence-corrected chi connectivity index (χ1v) is 5.44. The van der Waals surface area contributed by atoms with Gasteiger partial charge >= 0.3 is 5.97 Å². The molecule has 0 saturated heterocycles. The Morgan fingerprint density at radius 2 is 2.24 bits per heavy atom. The fourth-order valence-electron chi connectivity index (χ4n) is 2.03. The summed E-state index contributed by atoms with van der Waals surface area (Å²) in [6.07, 6.45) is 1.72. The number of aliphatic carboxylic acids is 1. The molecule has 0 spiro atoms. The van der Waals surface area contributed by atoms with Gasteiger partial charge in [0, 0.05) is 18.6 Å². The lowest BCUT2D eigenvalue weighted by atomic mass is 10.1. The van der Waals surface area contributed by atoms with Crippen molar-refractivity contribution in [2.45, 2.75) is 6.42 Å². The molecule has 1 aromatic heterocycles. The van der Waals surface area contributed by atoms with Gasteiger partial charge in [-0.3, -0.25) is 4.79 Å². The summed E-state index contributed by atoms with van der Waals surface area (Å²) < 4.78 is 7.07. The normalized spacial score (nSPS) is 10.8. The number of hydrogen-bond donors (Lipinski definition) is 1. The van der Waals surface area contributed by atoms with Gasteiger partial charge in [0.05, 0.1) is 24.1 Å². The number of ether oxygens (including phenoxy) is 1. The summed E-state index contributed by atoms with van der Waals surface area (Å²) >= 11 is 6.12. The fraction of sp³-hybridized carbons (Fsp3) is 0.250. The Morgan fingerprint density at radius 3 is 2.82 bits per heavy atom. The van der Waals surface area contributed by atoms with Gasteiger partial charge in [-0.1, -0.05) is 11.6 Å². The summed E-state index contributed by atoms with van der Waals surface area (Å²) in [6, 6.07) is 3.49. The molecule has 0 atom stereocenters. The molecule has 0 aliphatic rings. The summed E-state index contributed by atoms with van der Waals surface area (Å²) in [7, 11) is 3.39. The largest absolute Gasteiger partial charge is 0.496 e. The number of nitrogens with zero attached hydrogens (tertiary/aromatic N) is 1. The van der Waals surface area contributed by atoms with Crippen LogP contribution in [0.2, 0.25) is 5.02 Å². The standard InChI is InChI=1S/C12H12ClNO3/c1-14-6-7(5-10(15)16)11-9(17-2)4-3-8(13)12(11)14/h3-4,6H,5H2,1-2H3,(H,15,16). The van der Waals surface area contributed by atoms with Crippen molar-refractivity contribution in [1.29, 1.82) is 0 Å². The maximum absolute atomic E-state index is 10.8. The van der Waals surface area contributed by atoms with Gasteiger partial charge < -0.3 is 14.4 Å². The smallest absolute Gasteiger partial charge is 0.307 e. The number of carbonyl (C=O) groups is 1. The van der Waals surface area contributed by atoms with Crippen LogP contribution in [0.1, 0.15) is 5.56 Å².